The Bertz CT molecular complexity index is 1300. The predicted octanol–water partition coefficient (Wildman–Crippen LogP) is 5.69. The predicted molar refractivity (Wildman–Crippen MR) is 149 cm³/mol. The molecule has 0 aromatic heterocycles. The molecule has 6 nitrogen and oxygen atoms in total. The number of ether oxygens (including phenoxy) is 1. The molecule has 0 amide bonds. The van der Waals surface area contributed by atoms with E-state index in [1.807, 2.05) is 43.3 Å². The molecule has 1 aliphatic rings. The van der Waals surface area contributed by atoms with Crippen molar-refractivity contribution in [3.05, 3.63) is 101 Å². The molecule has 0 saturated carbocycles. The number of hydrazone groups is 1. The molecule has 1 heterocycles. The van der Waals surface area contributed by atoms with Crippen LogP contribution in [0.15, 0.2) is 71.8 Å². The number of aryl methyl sites for hydroxylation is 1. The third-order valence-electron chi connectivity index (χ3n) is 6.20. The van der Waals surface area contributed by atoms with Gasteiger partial charge in [0.25, 0.3) is 0 Å². The molecular weight excluding hydrogens is 506 g/mol. The number of thioether (sulfide) groups is 1. The second kappa shape index (κ2) is 12.5. The van der Waals surface area contributed by atoms with Gasteiger partial charge in [-0.2, -0.15) is 5.10 Å². The topological polar surface area (TPSA) is 80.0 Å². The highest BCUT2D eigenvalue weighted by Gasteiger charge is 2.39. The third-order valence-corrected chi connectivity index (χ3v) is 7.43. The highest BCUT2D eigenvalue weighted by atomic mass is 32.2. The van der Waals surface area contributed by atoms with Crippen molar-refractivity contribution in [3.63, 3.8) is 0 Å². The lowest BCUT2D eigenvalue weighted by Crippen LogP contribution is -2.48. The normalized spacial score (nSPS) is 14.4. The number of nitrogens with two attached hydrogens (primary N) is 1. The van der Waals surface area contributed by atoms with Crippen molar-refractivity contribution in [1.29, 1.82) is 0 Å². The second-order valence-corrected chi connectivity index (χ2v) is 10.5. The summed E-state index contributed by atoms with van der Waals surface area (Å²) < 4.78 is 33.4. The Labute approximate surface area is 226 Å². The molecular formula is C29H32F2N4O2S. The van der Waals surface area contributed by atoms with E-state index in [1.54, 1.807) is 0 Å². The van der Waals surface area contributed by atoms with Crippen molar-refractivity contribution in [2.75, 3.05) is 11.7 Å². The molecule has 0 fully saturated rings. The average Bonchev–Trinajstić information content (AvgIpc) is 2.90. The van der Waals surface area contributed by atoms with Crippen LogP contribution < -0.4 is 16.1 Å². The van der Waals surface area contributed by atoms with E-state index in [0.29, 0.717) is 31.0 Å². The number of fused-ring (bicyclic) bond motifs is 1. The van der Waals surface area contributed by atoms with E-state index in [1.165, 1.54) is 22.7 Å². The Kier molecular flexibility index (Phi) is 9.14. The monoisotopic (exact) mass is 538 g/mol. The molecule has 0 saturated heterocycles. The zero-order chi connectivity index (χ0) is 27.1. The van der Waals surface area contributed by atoms with Gasteiger partial charge < -0.3 is 10.5 Å². The number of hydrogen-bond acceptors (Lipinski definition) is 7. The van der Waals surface area contributed by atoms with Gasteiger partial charge in [0.2, 0.25) is 0 Å². The number of nitrogens with zero attached hydrogens (tertiary/aromatic N) is 2. The highest BCUT2D eigenvalue weighted by Crippen LogP contribution is 2.35. The van der Waals surface area contributed by atoms with Crippen LogP contribution in [0.3, 0.4) is 0 Å². The van der Waals surface area contributed by atoms with Crippen molar-refractivity contribution < 1.29 is 18.3 Å². The van der Waals surface area contributed by atoms with Gasteiger partial charge in [0.05, 0.1) is 12.2 Å². The summed E-state index contributed by atoms with van der Waals surface area (Å²) >= 11 is 1.11. The van der Waals surface area contributed by atoms with Crippen LogP contribution in [-0.4, -0.2) is 22.6 Å². The van der Waals surface area contributed by atoms with Gasteiger partial charge in [-0.25, -0.2) is 13.6 Å². The van der Waals surface area contributed by atoms with Crippen LogP contribution in [0.5, 0.6) is 0 Å². The Morgan fingerprint density at radius 1 is 1.08 bits per heavy atom. The van der Waals surface area contributed by atoms with E-state index in [4.69, 9.17) is 10.5 Å². The van der Waals surface area contributed by atoms with Gasteiger partial charge in [-0.05, 0) is 41.7 Å². The minimum Gasteiger partial charge on any atom is -0.448 e. The first-order chi connectivity index (χ1) is 18.3. The van der Waals surface area contributed by atoms with Gasteiger partial charge in [0, 0.05) is 18.2 Å². The van der Waals surface area contributed by atoms with Crippen molar-refractivity contribution >= 4 is 28.5 Å². The number of halogens is 2. The molecule has 38 heavy (non-hydrogen) atoms. The molecule has 1 aliphatic heterocycles. The van der Waals surface area contributed by atoms with Crippen molar-refractivity contribution in [1.82, 2.24) is 5.32 Å². The van der Waals surface area contributed by atoms with Gasteiger partial charge >= 0.3 is 5.97 Å². The molecule has 0 radical (unpaired) electrons. The minimum atomic E-state index is -1.40. The van der Waals surface area contributed by atoms with Crippen molar-refractivity contribution in [2.45, 2.75) is 51.1 Å². The summed E-state index contributed by atoms with van der Waals surface area (Å²) in [5.41, 5.74) is 11.0. The summed E-state index contributed by atoms with van der Waals surface area (Å²) in [7, 11) is 0. The zero-order valence-electron chi connectivity index (χ0n) is 21.5. The minimum absolute atomic E-state index is 0.0101. The van der Waals surface area contributed by atoms with Crippen LogP contribution in [0.2, 0.25) is 0 Å². The molecule has 0 bridgehead atoms. The first-order valence-electron chi connectivity index (χ1n) is 12.7. The van der Waals surface area contributed by atoms with E-state index >= 15 is 0 Å². The smallest absolute Gasteiger partial charge is 0.338 e. The van der Waals surface area contributed by atoms with Gasteiger partial charge in [-0.15, -0.1) is 0 Å². The maximum Gasteiger partial charge on any atom is 0.338 e. The van der Waals surface area contributed by atoms with Crippen molar-refractivity contribution in [2.24, 2.45) is 10.8 Å². The zero-order valence-corrected chi connectivity index (χ0v) is 22.4. The van der Waals surface area contributed by atoms with Gasteiger partial charge in [0.1, 0.15) is 23.4 Å². The molecule has 3 aromatic rings. The Balaban J connectivity index is 1.50. The van der Waals surface area contributed by atoms with Crippen LogP contribution in [0.1, 0.15) is 48.9 Å². The summed E-state index contributed by atoms with van der Waals surface area (Å²) in [6.07, 6.45) is 1.94. The summed E-state index contributed by atoms with van der Waals surface area (Å²) in [5.74, 6) is -1.95. The maximum absolute atomic E-state index is 13.9. The number of esters is 1. The van der Waals surface area contributed by atoms with Gasteiger partial charge in [-0.1, -0.05) is 80.6 Å². The van der Waals surface area contributed by atoms with Crippen LogP contribution in [0.4, 0.5) is 14.5 Å². The molecule has 0 unspecified atom stereocenters. The standard InChI is InChI=1S/C29H32F2N4O2S/c1-3-12-29(32,28(36)37-19-33-17-21-9-7-8-20(4-2)13-21)38-27-26-11-6-5-10-22(26)18-35(34-27)25-15-23(30)14-24(31)16-25/h5-11,13-16,33H,3-4,12,17-19,32H2,1-2H3/t29-/m0/s1. The lowest BCUT2D eigenvalue weighted by Gasteiger charge is -2.31. The lowest BCUT2D eigenvalue weighted by atomic mass is 10.1. The lowest BCUT2D eigenvalue weighted by molar-refractivity contribution is -0.147. The molecule has 3 N–H and O–H groups in total. The van der Waals surface area contributed by atoms with E-state index in [-0.39, 0.29) is 12.4 Å². The van der Waals surface area contributed by atoms with Crippen LogP contribution >= 0.6 is 11.8 Å². The number of rotatable bonds is 10. The van der Waals surface area contributed by atoms with Crippen LogP contribution in [-0.2, 0) is 29.0 Å². The van der Waals surface area contributed by atoms with E-state index in [0.717, 1.165) is 40.9 Å². The average molecular weight is 539 g/mol. The maximum atomic E-state index is 13.9. The summed E-state index contributed by atoms with van der Waals surface area (Å²) in [4.78, 5) is 11.8. The summed E-state index contributed by atoms with van der Waals surface area (Å²) in [6.45, 7) is 4.93. The number of benzene rings is 3. The number of carbonyl (C=O) groups excluding carboxylic acids is 1. The Morgan fingerprint density at radius 2 is 1.82 bits per heavy atom. The molecule has 9 heteroatoms. The number of hydrogen-bond donors (Lipinski definition) is 2. The Hall–Kier alpha value is -3.27. The van der Waals surface area contributed by atoms with Crippen LogP contribution in [0, 0.1) is 11.6 Å². The first-order valence-corrected chi connectivity index (χ1v) is 13.5. The quantitative estimate of drug-likeness (QED) is 0.196. The largest absolute Gasteiger partial charge is 0.448 e. The summed E-state index contributed by atoms with van der Waals surface area (Å²) in [6, 6.07) is 19.1. The third kappa shape index (κ3) is 6.78. The van der Waals surface area contributed by atoms with Crippen LogP contribution in [0.25, 0.3) is 0 Å². The first kappa shape index (κ1) is 27.8. The molecule has 0 spiro atoms. The molecule has 200 valence electrons. The summed E-state index contributed by atoms with van der Waals surface area (Å²) in [5, 5.41) is 9.79. The number of nitrogens with one attached hydrogen (secondary N) is 1. The second-order valence-electron chi connectivity index (χ2n) is 9.17. The molecule has 3 aromatic carbocycles. The van der Waals surface area contributed by atoms with E-state index in [2.05, 4.69) is 29.5 Å². The fourth-order valence-electron chi connectivity index (χ4n) is 4.27. The fourth-order valence-corrected chi connectivity index (χ4v) is 5.51. The van der Waals surface area contributed by atoms with Crippen molar-refractivity contribution in [3.8, 4) is 0 Å². The number of carbonyl (C=O) groups is 1. The Morgan fingerprint density at radius 3 is 2.55 bits per heavy atom. The molecule has 0 aliphatic carbocycles. The SMILES string of the molecule is CCC[C@](N)(SC1=NN(c2cc(F)cc(F)c2)Cc2ccccc21)C(=O)OCNCc1cccc(CC)c1. The van der Waals surface area contributed by atoms with E-state index in [9.17, 15) is 13.6 Å². The molecule has 4 rings (SSSR count). The highest BCUT2D eigenvalue weighted by molar-refractivity contribution is 8.16. The fraction of sp³-hybridized carbons (Fsp3) is 0.310. The van der Waals surface area contributed by atoms with Gasteiger partial charge in [0.15, 0.2) is 4.87 Å². The molecule has 1 atom stereocenters. The number of anilines is 1. The van der Waals surface area contributed by atoms with E-state index < -0.39 is 22.5 Å². The van der Waals surface area contributed by atoms with Gasteiger partial charge in [-0.3, -0.25) is 10.3 Å².